The van der Waals surface area contributed by atoms with Gasteiger partial charge in [0.15, 0.2) is 0 Å². The van der Waals surface area contributed by atoms with Gasteiger partial charge in [0.2, 0.25) is 0 Å². The summed E-state index contributed by atoms with van der Waals surface area (Å²) in [5.74, 6) is 0. The van der Waals surface area contributed by atoms with Gasteiger partial charge >= 0.3 is 0 Å². The molecule has 5 heteroatoms. The minimum absolute atomic E-state index is 0.129. The maximum Gasteiger partial charge on any atom is 0.150 e. The van der Waals surface area contributed by atoms with Gasteiger partial charge in [-0.1, -0.05) is 0 Å². The second-order valence-electron chi connectivity index (χ2n) is 3.14. The van der Waals surface area contributed by atoms with Gasteiger partial charge in [0.1, 0.15) is 17.8 Å². The number of rotatable bonds is 1. The number of aliphatic hydroxyl groups is 4. The van der Waals surface area contributed by atoms with Crippen LogP contribution in [0.15, 0.2) is 11.6 Å². The Morgan fingerprint density at radius 1 is 1.62 bits per heavy atom. The highest BCUT2D eigenvalue weighted by Crippen LogP contribution is 2.32. The molecule has 1 rings (SSSR count). The molecule has 4 atom stereocenters. The van der Waals surface area contributed by atoms with Crippen molar-refractivity contribution in [2.75, 3.05) is 0 Å². The van der Waals surface area contributed by atoms with Crippen LogP contribution < -0.4 is 0 Å². The lowest BCUT2D eigenvalue weighted by Gasteiger charge is -2.32. The maximum atomic E-state index is 9.65. The minimum Gasteiger partial charge on any atom is -0.390 e. The molecule has 0 unspecified atom stereocenters. The Kier molecular flexibility index (Phi) is 2.41. The van der Waals surface area contributed by atoms with Crippen LogP contribution in [0.25, 0.3) is 0 Å². The highest BCUT2D eigenvalue weighted by molar-refractivity contribution is 5.38. The Morgan fingerprint density at radius 2 is 2.15 bits per heavy atom. The van der Waals surface area contributed by atoms with Gasteiger partial charge in [-0.15, -0.1) is 0 Å². The average Bonchev–Trinajstić information content (AvgIpc) is 2.30. The van der Waals surface area contributed by atoms with E-state index in [-0.39, 0.29) is 5.57 Å². The first-order chi connectivity index (χ1) is 5.94. The lowest BCUT2D eigenvalue weighted by Crippen LogP contribution is -2.55. The summed E-state index contributed by atoms with van der Waals surface area (Å²) < 4.78 is 0. The summed E-state index contributed by atoms with van der Waals surface area (Å²) >= 11 is 0. The van der Waals surface area contributed by atoms with Crippen molar-refractivity contribution < 1.29 is 20.4 Å². The molecule has 0 aromatic carbocycles. The molecular weight excluding hydrogens is 174 g/mol. The monoisotopic (exact) mass is 185 g/mol. The largest absolute Gasteiger partial charge is 0.390 e. The topological polar surface area (TPSA) is 105 Å². The molecule has 0 aliphatic heterocycles. The van der Waals surface area contributed by atoms with E-state index in [0.717, 1.165) is 6.08 Å². The summed E-state index contributed by atoms with van der Waals surface area (Å²) in [6.45, 7) is 1.24. The number of aliphatic hydroxyl groups excluding tert-OH is 3. The maximum absolute atomic E-state index is 9.65. The second kappa shape index (κ2) is 3.09. The molecule has 0 saturated heterocycles. The SMILES string of the molecule is C[C@H](O)[C@]1(O)[C@H](O)C=C(C#N)[C@H]1O. The Labute approximate surface area is 75.2 Å². The van der Waals surface area contributed by atoms with Crippen molar-refractivity contribution in [3.8, 4) is 6.07 Å². The fraction of sp³-hybridized carbons (Fsp3) is 0.625. The van der Waals surface area contributed by atoms with E-state index in [2.05, 4.69) is 0 Å². The molecule has 0 saturated carbocycles. The van der Waals surface area contributed by atoms with Gasteiger partial charge in [0.25, 0.3) is 0 Å². The Morgan fingerprint density at radius 3 is 2.38 bits per heavy atom. The standard InChI is InChI=1S/C8H11NO4/c1-4(10)8(13)6(11)2-5(3-9)7(8)12/h2,4,6-7,10-13H,1H3/t4-,6+,7+,8-/m0/s1. The highest BCUT2D eigenvalue weighted by Gasteiger charge is 2.52. The third-order valence-electron chi connectivity index (χ3n) is 2.34. The Balaban J connectivity index is 3.03. The first-order valence-corrected chi connectivity index (χ1v) is 3.83. The second-order valence-corrected chi connectivity index (χ2v) is 3.14. The summed E-state index contributed by atoms with van der Waals surface area (Å²) in [6, 6.07) is 1.63. The van der Waals surface area contributed by atoms with E-state index in [0.29, 0.717) is 0 Å². The first-order valence-electron chi connectivity index (χ1n) is 3.83. The molecule has 72 valence electrons. The van der Waals surface area contributed by atoms with Crippen LogP contribution in [0.5, 0.6) is 0 Å². The van der Waals surface area contributed by atoms with Gasteiger partial charge in [0, 0.05) is 0 Å². The number of nitriles is 1. The molecule has 0 radical (unpaired) electrons. The van der Waals surface area contributed by atoms with Gasteiger partial charge < -0.3 is 20.4 Å². The van der Waals surface area contributed by atoms with E-state index in [1.165, 1.54) is 6.92 Å². The minimum atomic E-state index is -2.06. The van der Waals surface area contributed by atoms with Crippen LogP contribution in [0.3, 0.4) is 0 Å². The summed E-state index contributed by atoms with van der Waals surface area (Å²) in [6.07, 6.45) is -3.23. The van der Waals surface area contributed by atoms with Crippen molar-refractivity contribution in [1.82, 2.24) is 0 Å². The summed E-state index contributed by atoms with van der Waals surface area (Å²) in [5.41, 5.74) is -2.19. The van der Waals surface area contributed by atoms with E-state index in [9.17, 15) is 15.3 Å². The van der Waals surface area contributed by atoms with E-state index >= 15 is 0 Å². The molecule has 0 heterocycles. The number of hydrogen-bond acceptors (Lipinski definition) is 5. The van der Waals surface area contributed by atoms with Crippen molar-refractivity contribution >= 4 is 0 Å². The highest BCUT2D eigenvalue weighted by atomic mass is 16.4. The zero-order valence-corrected chi connectivity index (χ0v) is 7.05. The van der Waals surface area contributed by atoms with Crippen LogP contribution in [0.2, 0.25) is 0 Å². The summed E-state index contributed by atoms with van der Waals surface area (Å²) in [4.78, 5) is 0. The molecule has 1 aliphatic rings. The summed E-state index contributed by atoms with van der Waals surface area (Å²) in [5, 5.41) is 46.0. The number of nitrogens with zero attached hydrogens (tertiary/aromatic N) is 1. The van der Waals surface area contributed by atoms with E-state index in [1.54, 1.807) is 6.07 Å². The lowest BCUT2D eigenvalue weighted by molar-refractivity contribution is -0.162. The predicted octanol–water partition coefficient (Wildman–Crippen LogP) is -1.72. The predicted molar refractivity (Wildman–Crippen MR) is 42.3 cm³/mol. The van der Waals surface area contributed by atoms with Crippen LogP contribution >= 0.6 is 0 Å². The molecule has 0 bridgehead atoms. The fourth-order valence-corrected chi connectivity index (χ4v) is 1.38. The van der Waals surface area contributed by atoms with Gasteiger partial charge in [-0.2, -0.15) is 5.26 Å². The fourth-order valence-electron chi connectivity index (χ4n) is 1.38. The van der Waals surface area contributed by atoms with Gasteiger partial charge in [-0.05, 0) is 13.0 Å². The lowest BCUT2D eigenvalue weighted by atomic mass is 9.89. The molecule has 0 aromatic rings. The molecule has 5 nitrogen and oxygen atoms in total. The molecule has 13 heavy (non-hydrogen) atoms. The third-order valence-corrected chi connectivity index (χ3v) is 2.34. The molecule has 0 aromatic heterocycles. The molecule has 0 fully saturated rings. The van der Waals surface area contributed by atoms with Crippen molar-refractivity contribution in [2.45, 2.75) is 30.8 Å². The smallest absolute Gasteiger partial charge is 0.150 e. The molecule has 4 N–H and O–H groups in total. The molecular formula is C8H11NO4. The van der Waals surface area contributed by atoms with Crippen molar-refractivity contribution in [3.63, 3.8) is 0 Å². The van der Waals surface area contributed by atoms with Crippen molar-refractivity contribution in [3.05, 3.63) is 11.6 Å². The molecule has 1 aliphatic carbocycles. The van der Waals surface area contributed by atoms with Crippen LogP contribution in [-0.2, 0) is 0 Å². The molecule has 0 spiro atoms. The van der Waals surface area contributed by atoms with Gasteiger partial charge in [-0.3, -0.25) is 0 Å². The Hall–Kier alpha value is -0.930. The average molecular weight is 185 g/mol. The summed E-state index contributed by atoms with van der Waals surface area (Å²) in [7, 11) is 0. The zero-order chi connectivity index (χ0) is 10.2. The van der Waals surface area contributed by atoms with Gasteiger partial charge in [0.05, 0.1) is 17.7 Å². The zero-order valence-electron chi connectivity index (χ0n) is 7.05. The van der Waals surface area contributed by atoms with Crippen molar-refractivity contribution in [1.29, 1.82) is 5.26 Å². The quantitative estimate of drug-likeness (QED) is 0.389. The van der Waals surface area contributed by atoms with Gasteiger partial charge in [-0.25, -0.2) is 0 Å². The van der Waals surface area contributed by atoms with E-state index in [4.69, 9.17) is 10.4 Å². The van der Waals surface area contributed by atoms with Crippen molar-refractivity contribution in [2.24, 2.45) is 0 Å². The van der Waals surface area contributed by atoms with E-state index in [1.807, 2.05) is 0 Å². The third kappa shape index (κ3) is 1.24. The van der Waals surface area contributed by atoms with Crippen LogP contribution in [0.1, 0.15) is 6.92 Å². The number of hydrogen-bond donors (Lipinski definition) is 4. The first kappa shape index (κ1) is 10.2. The molecule has 0 amide bonds. The van der Waals surface area contributed by atoms with Crippen LogP contribution in [0.4, 0.5) is 0 Å². The van der Waals surface area contributed by atoms with Crippen LogP contribution in [-0.4, -0.2) is 44.3 Å². The van der Waals surface area contributed by atoms with Crippen LogP contribution in [0, 0.1) is 11.3 Å². The Bertz CT molecular complexity index is 280. The van der Waals surface area contributed by atoms with E-state index < -0.39 is 23.9 Å². The normalized spacial score (nSPS) is 41.1.